The highest BCUT2D eigenvalue weighted by Gasteiger charge is 2.24. The lowest BCUT2D eigenvalue weighted by Gasteiger charge is -2.08. The molecule has 0 fully saturated rings. The van der Waals surface area contributed by atoms with E-state index in [1.165, 1.54) is 12.1 Å². The number of carbonyl (C=O) groups excluding carboxylic acids is 2. The monoisotopic (exact) mass is 485 g/mol. The molecule has 0 radical (unpaired) electrons. The van der Waals surface area contributed by atoms with Gasteiger partial charge in [-0.1, -0.05) is 6.07 Å². The molecule has 4 aromatic rings. The van der Waals surface area contributed by atoms with Gasteiger partial charge in [0.15, 0.2) is 5.76 Å². The Balaban J connectivity index is 1.57. The molecule has 0 atom stereocenters. The highest BCUT2D eigenvalue weighted by Crippen LogP contribution is 2.38. The molecule has 34 heavy (non-hydrogen) atoms. The van der Waals surface area contributed by atoms with Gasteiger partial charge in [-0.2, -0.15) is 0 Å². The maximum absolute atomic E-state index is 13.1. The second-order valence-electron chi connectivity index (χ2n) is 7.85. The summed E-state index contributed by atoms with van der Waals surface area (Å²) in [4.78, 5) is 28.9. The van der Waals surface area contributed by atoms with Gasteiger partial charge in [0.05, 0.1) is 5.69 Å². The quantitative estimate of drug-likeness (QED) is 0.350. The van der Waals surface area contributed by atoms with E-state index in [1.54, 1.807) is 13.0 Å². The molecule has 0 unspecified atom stereocenters. The molecule has 2 amide bonds. The van der Waals surface area contributed by atoms with Crippen LogP contribution >= 0.6 is 11.3 Å². The lowest BCUT2D eigenvalue weighted by molar-refractivity contribution is 0.0992. The Morgan fingerprint density at radius 2 is 1.85 bits per heavy atom. The van der Waals surface area contributed by atoms with Crippen LogP contribution in [0.4, 0.5) is 14.5 Å². The molecule has 0 spiro atoms. The zero-order chi connectivity index (χ0) is 24.6. The van der Waals surface area contributed by atoms with Crippen LogP contribution in [-0.4, -0.2) is 16.8 Å². The molecular formula is C24H21F2N3O4S. The normalized spacial score (nSPS) is 11.2. The van der Waals surface area contributed by atoms with Crippen molar-refractivity contribution in [3.63, 3.8) is 0 Å². The molecule has 1 aromatic carbocycles. The fourth-order valence-electron chi connectivity index (χ4n) is 3.64. The van der Waals surface area contributed by atoms with Crippen LogP contribution in [0.25, 0.3) is 10.2 Å². The van der Waals surface area contributed by atoms with Gasteiger partial charge >= 0.3 is 0 Å². The zero-order valence-electron chi connectivity index (χ0n) is 18.6. The van der Waals surface area contributed by atoms with Gasteiger partial charge in [-0.25, -0.2) is 13.8 Å². The topological polar surface area (TPSA) is 107 Å². The number of benzene rings is 1. The van der Waals surface area contributed by atoms with Gasteiger partial charge in [-0.15, -0.1) is 11.3 Å². The Hall–Kier alpha value is -3.79. The largest absolute Gasteiger partial charge is 0.486 e. The Morgan fingerprint density at radius 1 is 1.15 bits per heavy atom. The molecule has 3 N–H and O–H groups in total. The van der Waals surface area contributed by atoms with Crippen molar-refractivity contribution < 1.29 is 27.5 Å². The fraction of sp³-hybridized carbons (Fsp3) is 0.208. The summed E-state index contributed by atoms with van der Waals surface area (Å²) in [7, 11) is 0. The predicted molar refractivity (Wildman–Crippen MR) is 125 cm³/mol. The highest BCUT2D eigenvalue weighted by molar-refractivity contribution is 7.21. The van der Waals surface area contributed by atoms with Crippen LogP contribution in [0.2, 0.25) is 0 Å². The van der Waals surface area contributed by atoms with Gasteiger partial charge in [-0.05, 0) is 67.8 Å². The summed E-state index contributed by atoms with van der Waals surface area (Å²) in [5.74, 6) is -0.338. The Bertz CT molecular complexity index is 1390. The first kappa shape index (κ1) is 23.4. The molecule has 10 heteroatoms. The second-order valence-corrected chi connectivity index (χ2v) is 8.85. The molecule has 4 rings (SSSR count). The summed E-state index contributed by atoms with van der Waals surface area (Å²) in [5, 5.41) is 3.01. The molecular weight excluding hydrogens is 464 g/mol. The Kier molecular flexibility index (Phi) is 6.34. The number of anilines is 1. The summed E-state index contributed by atoms with van der Waals surface area (Å²) < 4.78 is 37.6. The summed E-state index contributed by atoms with van der Waals surface area (Å²) >= 11 is 0.844. The first-order valence-corrected chi connectivity index (χ1v) is 11.1. The predicted octanol–water partition coefficient (Wildman–Crippen LogP) is 5.68. The number of nitrogens with zero attached hydrogens (tertiary/aromatic N) is 1. The summed E-state index contributed by atoms with van der Waals surface area (Å²) in [6, 6.07) is 10.1. The Labute approximate surface area is 197 Å². The number of halogens is 2. The van der Waals surface area contributed by atoms with Crippen LogP contribution in [0.15, 0.2) is 40.8 Å². The number of furan rings is 1. The average molecular weight is 486 g/mol. The van der Waals surface area contributed by atoms with E-state index in [0.717, 1.165) is 22.5 Å². The number of primary amides is 1. The van der Waals surface area contributed by atoms with Crippen LogP contribution < -0.4 is 15.8 Å². The van der Waals surface area contributed by atoms with Crippen molar-refractivity contribution in [2.75, 3.05) is 5.32 Å². The number of pyridine rings is 1. The third kappa shape index (κ3) is 4.76. The van der Waals surface area contributed by atoms with Gasteiger partial charge in [0, 0.05) is 5.39 Å². The van der Waals surface area contributed by atoms with Gasteiger partial charge in [-0.3, -0.25) is 9.59 Å². The number of fused-ring (bicyclic) bond motifs is 1. The average Bonchev–Trinajstić information content (AvgIpc) is 3.37. The van der Waals surface area contributed by atoms with E-state index < -0.39 is 23.9 Å². The molecule has 0 aliphatic carbocycles. The molecule has 3 aromatic heterocycles. The van der Waals surface area contributed by atoms with Crippen molar-refractivity contribution in [3.8, 4) is 5.75 Å². The van der Waals surface area contributed by atoms with E-state index in [0.29, 0.717) is 22.5 Å². The molecule has 0 aliphatic rings. The number of aromatic nitrogens is 1. The number of ether oxygens (including phenoxy) is 1. The maximum Gasteiger partial charge on any atom is 0.291 e. The SMILES string of the molecule is Cc1cc(C)cc(OCc2ccc(C(=O)Nc3c(C(N)=O)sc4nc(C(F)F)cc(C)c34)o2)c1. The highest BCUT2D eigenvalue weighted by atomic mass is 32.1. The number of nitrogens with two attached hydrogens (primary N) is 1. The minimum absolute atomic E-state index is 0.00953. The smallest absolute Gasteiger partial charge is 0.291 e. The second kappa shape index (κ2) is 9.22. The number of thiophene rings is 1. The van der Waals surface area contributed by atoms with Crippen molar-refractivity contribution in [2.45, 2.75) is 33.8 Å². The Morgan fingerprint density at radius 3 is 2.50 bits per heavy atom. The van der Waals surface area contributed by atoms with Crippen LogP contribution in [0, 0.1) is 20.8 Å². The molecule has 7 nitrogen and oxygen atoms in total. The molecule has 0 saturated heterocycles. The van der Waals surface area contributed by atoms with Crippen LogP contribution in [-0.2, 0) is 6.61 Å². The minimum Gasteiger partial charge on any atom is -0.486 e. The van der Waals surface area contributed by atoms with Crippen molar-refractivity contribution in [2.24, 2.45) is 5.73 Å². The molecule has 0 aliphatic heterocycles. The van der Waals surface area contributed by atoms with Gasteiger partial charge in [0.25, 0.3) is 18.2 Å². The van der Waals surface area contributed by atoms with Crippen molar-refractivity contribution >= 4 is 39.1 Å². The van der Waals surface area contributed by atoms with E-state index >= 15 is 0 Å². The summed E-state index contributed by atoms with van der Waals surface area (Å²) in [5.41, 5.74) is 7.72. The van der Waals surface area contributed by atoms with Crippen LogP contribution in [0.3, 0.4) is 0 Å². The van der Waals surface area contributed by atoms with Gasteiger partial charge in [0.2, 0.25) is 0 Å². The van der Waals surface area contributed by atoms with Gasteiger partial charge < -0.3 is 20.2 Å². The number of aryl methyl sites for hydroxylation is 3. The minimum atomic E-state index is -2.77. The lowest BCUT2D eigenvalue weighted by Crippen LogP contribution is -2.16. The van der Waals surface area contributed by atoms with Crippen molar-refractivity contribution in [3.05, 3.63) is 75.2 Å². The molecule has 176 valence electrons. The number of hydrogen-bond acceptors (Lipinski definition) is 6. The molecule has 3 heterocycles. The van der Waals surface area contributed by atoms with Gasteiger partial charge in [0.1, 0.15) is 33.5 Å². The zero-order valence-corrected chi connectivity index (χ0v) is 19.4. The first-order valence-electron chi connectivity index (χ1n) is 10.3. The van der Waals surface area contributed by atoms with E-state index in [-0.39, 0.29) is 27.8 Å². The summed E-state index contributed by atoms with van der Waals surface area (Å²) in [6.07, 6.45) is -2.77. The van der Waals surface area contributed by atoms with Crippen molar-refractivity contribution in [1.82, 2.24) is 4.98 Å². The first-order chi connectivity index (χ1) is 16.1. The van der Waals surface area contributed by atoms with Crippen LogP contribution in [0.5, 0.6) is 5.75 Å². The lowest BCUT2D eigenvalue weighted by atomic mass is 10.1. The van der Waals surface area contributed by atoms with E-state index in [9.17, 15) is 18.4 Å². The third-order valence-electron chi connectivity index (χ3n) is 5.03. The number of hydrogen-bond donors (Lipinski definition) is 2. The number of carbonyl (C=O) groups is 2. The van der Waals surface area contributed by atoms with Crippen LogP contribution in [0.1, 0.15) is 54.8 Å². The standard InChI is InChI=1S/C24H21F2N3O4S/c1-11-6-12(2)8-15(7-11)32-10-14-4-5-17(33-14)23(31)29-19-18-13(3)9-16(21(25)26)28-24(18)34-20(19)22(27)30/h4-9,21H,10H2,1-3H3,(H2,27,30)(H,29,31). The van der Waals surface area contributed by atoms with E-state index in [1.807, 2.05) is 32.0 Å². The van der Waals surface area contributed by atoms with E-state index in [2.05, 4.69) is 10.3 Å². The fourth-order valence-corrected chi connectivity index (χ4v) is 4.70. The summed E-state index contributed by atoms with van der Waals surface area (Å²) in [6.45, 7) is 5.65. The number of rotatable bonds is 7. The number of alkyl halides is 2. The number of amides is 2. The van der Waals surface area contributed by atoms with Crippen molar-refractivity contribution in [1.29, 1.82) is 0 Å². The van der Waals surface area contributed by atoms with E-state index in [4.69, 9.17) is 14.9 Å². The third-order valence-corrected chi connectivity index (χ3v) is 6.12. The molecule has 0 bridgehead atoms. The maximum atomic E-state index is 13.1. The number of nitrogens with one attached hydrogen (secondary N) is 1. The molecule has 0 saturated carbocycles.